The molecule has 3 aliphatic rings. The molecule has 2 amide bonds. The SMILES string of the molecule is CCOC(=O)c1ccc(N2CC(C(=O)NCC3CCCN4CCCCC34)CC2=O)cc1. The van der Waals surface area contributed by atoms with E-state index in [4.69, 9.17) is 4.74 Å². The molecule has 0 radical (unpaired) electrons. The summed E-state index contributed by atoms with van der Waals surface area (Å²) in [6, 6.07) is 7.40. The first kappa shape index (κ1) is 21.8. The van der Waals surface area contributed by atoms with Crippen molar-refractivity contribution in [3.05, 3.63) is 29.8 Å². The Morgan fingerprint density at radius 1 is 1.10 bits per heavy atom. The van der Waals surface area contributed by atoms with Gasteiger partial charge in [0.1, 0.15) is 0 Å². The number of hydrogen-bond donors (Lipinski definition) is 1. The lowest BCUT2D eigenvalue weighted by Gasteiger charge is -2.44. The van der Waals surface area contributed by atoms with Crippen LogP contribution < -0.4 is 10.2 Å². The lowest BCUT2D eigenvalue weighted by atomic mass is 9.83. The maximum atomic E-state index is 12.8. The average Bonchev–Trinajstić information content (AvgIpc) is 3.19. The van der Waals surface area contributed by atoms with Crippen LogP contribution in [0.3, 0.4) is 0 Å². The van der Waals surface area contributed by atoms with Gasteiger partial charge in [-0.2, -0.15) is 0 Å². The lowest BCUT2D eigenvalue weighted by Crippen LogP contribution is -2.51. The summed E-state index contributed by atoms with van der Waals surface area (Å²) in [5, 5.41) is 3.15. The summed E-state index contributed by atoms with van der Waals surface area (Å²) in [5.41, 5.74) is 1.16. The Labute approximate surface area is 184 Å². The Kier molecular flexibility index (Phi) is 6.90. The van der Waals surface area contributed by atoms with Crippen molar-refractivity contribution in [1.82, 2.24) is 10.2 Å². The fourth-order valence-electron chi connectivity index (χ4n) is 5.32. The first-order valence-electron chi connectivity index (χ1n) is 11.7. The third kappa shape index (κ3) is 4.92. The number of anilines is 1. The van der Waals surface area contributed by atoms with Gasteiger partial charge in [-0.25, -0.2) is 4.79 Å². The summed E-state index contributed by atoms with van der Waals surface area (Å²) < 4.78 is 5.00. The van der Waals surface area contributed by atoms with Gasteiger partial charge in [-0.15, -0.1) is 0 Å². The van der Waals surface area contributed by atoms with Crippen molar-refractivity contribution < 1.29 is 19.1 Å². The van der Waals surface area contributed by atoms with Crippen LogP contribution in [0.2, 0.25) is 0 Å². The molecule has 3 saturated heterocycles. The van der Waals surface area contributed by atoms with Crippen LogP contribution >= 0.6 is 0 Å². The van der Waals surface area contributed by atoms with Crippen LogP contribution in [-0.2, 0) is 14.3 Å². The number of rotatable bonds is 6. The van der Waals surface area contributed by atoms with Crippen LogP contribution in [0.4, 0.5) is 5.69 Å². The summed E-state index contributed by atoms with van der Waals surface area (Å²) in [5.74, 6) is -0.268. The molecule has 4 rings (SSSR count). The highest BCUT2D eigenvalue weighted by molar-refractivity contribution is 6.00. The van der Waals surface area contributed by atoms with Crippen LogP contribution in [0.5, 0.6) is 0 Å². The second-order valence-corrected chi connectivity index (χ2v) is 8.92. The molecule has 0 spiro atoms. The number of benzene rings is 1. The summed E-state index contributed by atoms with van der Waals surface area (Å²) >= 11 is 0. The standard InChI is InChI=1S/C24H33N3O4/c1-2-31-24(30)17-8-10-20(11-9-17)27-16-19(14-22(27)28)23(29)25-15-18-6-5-13-26-12-4-3-7-21(18)26/h8-11,18-19,21H,2-7,12-16H2,1H3,(H,25,29). The van der Waals surface area contributed by atoms with E-state index < -0.39 is 0 Å². The molecule has 1 N–H and O–H groups in total. The van der Waals surface area contributed by atoms with E-state index in [-0.39, 0.29) is 30.1 Å². The predicted octanol–water partition coefficient (Wildman–Crippen LogP) is 2.60. The Bertz CT molecular complexity index is 808. The first-order chi connectivity index (χ1) is 15.1. The van der Waals surface area contributed by atoms with Crippen molar-refractivity contribution in [3.8, 4) is 0 Å². The molecule has 3 heterocycles. The van der Waals surface area contributed by atoms with Crippen molar-refractivity contribution in [2.45, 2.75) is 51.5 Å². The van der Waals surface area contributed by atoms with Crippen molar-refractivity contribution in [3.63, 3.8) is 0 Å². The topological polar surface area (TPSA) is 79.0 Å². The minimum atomic E-state index is -0.377. The third-order valence-corrected chi connectivity index (χ3v) is 6.95. The number of hydrogen-bond acceptors (Lipinski definition) is 5. The highest BCUT2D eigenvalue weighted by Gasteiger charge is 2.37. The zero-order valence-electron chi connectivity index (χ0n) is 18.3. The van der Waals surface area contributed by atoms with E-state index in [0.717, 1.165) is 0 Å². The summed E-state index contributed by atoms with van der Waals surface area (Å²) in [4.78, 5) is 41.4. The number of amides is 2. The molecule has 0 bridgehead atoms. The molecule has 3 fully saturated rings. The Balaban J connectivity index is 1.31. The maximum Gasteiger partial charge on any atom is 0.338 e. The fraction of sp³-hybridized carbons (Fsp3) is 0.625. The van der Waals surface area contributed by atoms with E-state index in [1.54, 1.807) is 36.1 Å². The zero-order chi connectivity index (χ0) is 21.8. The van der Waals surface area contributed by atoms with Gasteiger partial charge in [-0.1, -0.05) is 6.42 Å². The molecular weight excluding hydrogens is 394 g/mol. The molecule has 0 aliphatic carbocycles. The first-order valence-corrected chi connectivity index (χ1v) is 11.7. The minimum absolute atomic E-state index is 0.0214. The van der Waals surface area contributed by atoms with Gasteiger partial charge in [0.05, 0.1) is 18.1 Å². The van der Waals surface area contributed by atoms with Gasteiger partial charge in [-0.3, -0.25) is 9.59 Å². The van der Waals surface area contributed by atoms with Crippen LogP contribution in [-0.4, -0.2) is 61.5 Å². The van der Waals surface area contributed by atoms with Crippen LogP contribution in [0.15, 0.2) is 24.3 Å². The molecule has 1 aromatic carbocycles. The van der Waals surface area contributed by atoms with Gasteiger partial charge >= 0.3 is 5.97 Å². The molecular formula is C24H33N3O4. The second kappa shape index (κ2) is 9.81. The average molecular weight is 428 g/mol. The smallest absolute Gasteiger partial charge is 0.338 e. The third-order valence-electron chi connectivity index (χ3n) is 6.95. The van der Waals surface area contributed by atoms with E-state index in [1.165, 1.54) is 45.2 Å². The van der Waals surface area contributed by atoms with E-state index in [2.05, 4.69) is 10.2 Å². The lowest BCUT2D eigenvalue weighted by molar-refractivity contribution is -0.126. The van der Waals surface area contributed by atoms with Gasteiger partial charge in [-0.05, 0) is 75.9 Å². The van der Waals surface area contributed by atoms with Gasteiger partial charge in [0.15, 0.2) is 0 Å². The second-order valence-electron chi connectivity index (χ2n) is 8.92. The Morgan fingerprint density at radius 2 is 1.87 bits per heavy atom. The number of carbonyl (C=O) groups is 3. The predicted molar refractivity (Wildman–Crippen MR) is 118 cm³/mol. The van der Waals surface area contributed by atoms with Crippen LogP contribution in [0, 0.1) is 11.8 Å². The highest BCUT2D eigenvalue weighted by atomic mass is 16.5. The van der Waals surface area contributed by atoms with Crippen molar-refractivity contribution in [1.29, 1.82) is 0 Å². The molecule has 31 heavy (non-hydrogen) atoms. The molecule has 7 nitrogen and oxygen atoms in total. The van der Waals surface area contributed by atoms with Crippen molar-refractivity contribution in [2.75, 3.05) is 37.7 Å². The summed E-state index contributed by atoms with van der Waals surface area (Å²) in [6.07, 6.45) is 6.41. The molecule has 7 heteroatoms. The van der Waals surface area contributed by atoms with Gasteiger partial charge in [0, 0.05) is 31.2 Å². The monoisotopic (exact) mass is 427 g/mol. The Hall–Kier alpha value is -2.41. The largest absolute Gasteiger partial charge is 0.462 e. The number of nitrogens with one attached hydrogen (secondary N) is 1. The number of esters is 1. The van der Waals surface area contributed by atoms with Crippen molar-refractivity contribution in [2.24, 2.45) is 11.8 Å². The van der Waals surface area contributed by atoms with E-state index >= 15 is 0 Å². The molecule has 0 aromatic heterocycles. The number of fused-ring (bicyclic) bond motifs is 1. The fourth-order valence-corrected chi connectivity index (χ4v) is 5.32. The number of nitrogens with zero attached hydrogens (tertiary/aromatic N) is 2. The summed E-state index contributed by atoms with van der Waals surface area (Å²) in [7, 11) is 0. The molecule has 1 aromatic rings. The van der Waals surface area contributed by atoms with Gasteiger partial charge in [0.25, 0.3) is 0 Å². The van der Waals surface area contributed by atoms with E-state index in [0.29, 0.717) is 42.9 Å². The van der Waals surface area contributed by atoms with E-state index in [9.17, 15) is 14.4 Å². The highest BCUT2D eigenvalue weighted by Crippen LogP contribution is 2.31. The number of carbonyl (C=O) groups excluding carboxylic acids is 3. The maximum absolute atomic E-state index is 12.8. The van der Waals surface area contributed by atoms with Gasteiger partial charge in [0.2, 0.25) is 11.8 Å². The minimum Gasteiger partial charge on any atom is -0.462 e. The zero-order valence-corrected chi connectivity index (χ0v) is 18.3. The van der Waals surface area contributed by atoms with Crippen LogP contribution in [0.25, 0.3) is 0 Å². The number of ether oxygens (including phenoxy) is 1. The molecule has 168 valence electrons. The molecule has 3 atom stereocenters. The normalized spacial score (nSPS) is 26.4. The quantitative estimate of drug-likeness (QED) is 0.706. The molecule has 0 saturated carbocycles. The molecule has 3 aliphatic heterocycles. The summed E-state index contributed by atoms with van der Waals surface area (Å²) in [6.45, 7) is 5.55. The number of piperidine rings is 2. The Morgan fingerprint density at radius 3 is 2.65 bits per heavy atom. The van der Waals surface area contributed by atoms with Crippen LogP contribution in [0.1, 0.15) is 55.8 Å². The molecule has 3 unspecified atom stereocenters. The van der Waals surface area contributed by atoms with E-state index in [1.807, 2.05) is 0 Å². The van der Waals surface area contributed by atoms with Gasteiger partial charge < -0.3 is 19.9 Å². The van der Waals surface area contributed by atoms with Crippen molar-refractivity contribution >= 4 is 23.5 Å².